The van der Waals surface area contributed by atoms with E-state index >= 15 is 0 Å². The molecule has 6 nitrogen and oxygen atoms in total. The lowest BCUT2D eigenvalue weighted by Crippen LogP contribution is -2.06. The average Bonchev–Trinajstić information content (AvgIpc) is 3.74. The molecule has 3 aromatic rings. The van der Waals surface area contributed by atoms with Crippen LogP contribution in [0.15, 0.2) is 24.3 Å². The zero-order valence-electron chi connectivity index (χ0n) is 19.4. The predicted octanol–water partition coefficient (Wildman–Crippen LogP) is 5.97. The third kappa shape index (κ3) is 5.65. The summed E-state index contributed by atoms with van der Waals surface area (Å²) < 4.78 is 37.4. The Morgan fingerprint density at radius 2 is 1.12 bits per heavy atom. The van der Waals surface area contributed by atoms with Gasteiger partial charge in [-0.25, -0.2) is 0 Å². The summed E-state index contributed by atoms with van der Waals surface area (Å²) in [7, 11) is 0. The van der Waals surface area contributed by atoms with Crippen LogP contribution < -0.4 is 18.9 Å². The van der Waals surface area contributed by atoms with E-state index < -0.39 is 0 Å². The summed E-state index contributed by atoms with van der Waals surface area (Å²) in [6, 6.07) is 8.41. The molecule has 178 valence electrons. The first-order chi connectivity index (χ1) is 16.2. The van der Waals surface area contributed by atoms with Gasteiger partial charge in [0.1, 0.15) is 25.4 Å². The Hall–Kier alpha value is -2.22. The molecule has 33 heavy (non-hydrogen) atoms. The van der Waals surface area contributed by atoms with Crippen LogP contribution in [0.1, 0.15) is 39.5 Å². The van der Waals surface area contributed by atoms with Crippen LogP contribution in [0.5, 0.6) is 23.0 Å². The first-order valence-corrected chi connectivity index (χ1v) is 12.9. The second-order valence-electron chi connectivity index (χ2n) is 8.63. The zero-order chi connectivity index (χ0) is 22.6. The minimum absolute atomic E-state index is 0.191. The average molecular weight is 473 g/mol. The lowest BCUT2D eigenvalue weighted by Gasteiger charge is -2.13. The number of hydrogen-bond acceptors (Lipinski definition) is 7. The molecule has 2 saturated heterocycles. The van der Waals surface area contributed by atoms with Crippen LogP contribution in [-0.2, 0) is 9.47 Å². The highest BCUT2D eigenvalue weighted by Crippen LogP contribution is 2.45. The number of fused-ring (bicyclic) bond motifs is 3. The third-order valence-corrected chi connectivity index (χ3v) is 6.88. The number of thiophene rings is 1. The Morgan fingerprint density at radius 1 is 0.697 bits per heavy atom. The highest BCUT2D eigenvalue weighted by Gasteiger charge is 2.25. The Balaban J connectivity index is 1.50. The molecule has 3 heterocycles. The Morgan fingerprint density at radius 3 is 1.52 bits per heavy atom. The van der Waals surface area contributed by atoms with Crippen LogP contribution in [0.3, 0.4) is 0 Å². The monoisotopic (exact) mass is 472 g/mol. The molecule has 0 N–H and O–H groups in total. The van der Waals surface area contributed by atoms with Gasteiger partial charge in [-0.05, 0) is 25.0 Å². The molecule has 2 aromatic carbocycles. The van der Waals surface area contributed by atoms with Crippen LogP contribution >= 0.6 is 11.3 Å². The fourth-order valence-electron chi connectivity index (χ4n) is 3.59. The second kappa shape index (κ2) is 10.4. The minimum atomic E-state index is 0.191. The van der Waals surface area contributed by atoms with E-state index in [1.165, 1.54) is 0 Å². The van der Waals surface area contributed by atoms with E-state index in [4.69, 9.17) is 28.4 Å². The molecule has 0 spiro atoms. The van der Waals surface area contributed by atoms with Crippen LogP contribution in [0.25, 0.3) is 20.2 Å². The van der Waals surface area contributed by atoms with E-state index in [2.05, 4.69) is 38.1 Å². The maximum absolute atomic E-state index is 6.11. The predicted molar refractivity (Wildman–Crippen MR) is 131 cm³/mol. The van der Waals surface area contributed by atoms with Gasteiger partial charge < -0.3 is 28.4 Å². The Kier molecular flexibility index (Phi) is 7.09. The van der Waals surface area contributed by atoms with Crippen molar-refractivity contribution in [2.24, 2.45) is 0 Å². The number of benzene rings is 2. The SMILES string of the molecule is CCCCOc1cc2sc3cc(OCCCC)c(OCC4CO4)cc3c2cc1OCC1CO1. The summed E-state index contributed by atoms with van der Waals surface area (Å²) in [5.41, 5.74) is 0. The van der Waals surface area contributed by atoms with E-state index in [1.807, 2.05) is 0 Å². The van der Waals surface area contributed by atoms with Gasteiger partial charge in [-0.3, -0.25) is 0 Å². The summed E-state index contributed by atoms with van der Waals surface area (Å²) >= 11 is 1.74. The van der Waals surface area contributed by atoms with Crippen molar-refractivity contribution in [3.63, 3.8) is 0 Å². The van der Waals surface area contributed by atoms with Gasteiger partial charge in [0.15, 0.2) is 23.0 Å². The molecule has 0 radical (unpaired) electrons. The van der Waals surface area contributed by atoms with Gasteiger partial charge in [-0.15, -0.1) is 11.3 Å². The number of hydrogen-bond donors (Lipinski definition) is 0. The number of unbranched alkanes of at least 4 members (excludes halogenated alkanes) is 2. The second-order valence-corrected chi connectivity index (χ2v) is 9.71. The summed E-state index contributed by atoms with van der Waals surface area (Å²) in [6.45, 7) is 8.31. The van der Waals surface area contributed by atoms with Gasteiger partial charge in [0, 0.05) is 32.3 Å². The minimum Gasteiger partial charge on any atom is -0.490 e. The zero-order valence-corrected chi connectivity index (χ0v) is 20.2. The van der Waals surface area contributed by atoms with Crippen molar-refractivity contribution < 1.29 is 28.4 Å². The van der Waals surface area contributed by atoms with E-state index in [1.54, 1.807) is 11.3 Å². The summed E-state index contributed by atoms with van der Waals surface area (Å²) in [6.07, 6.45) is 4.59. The van der Waals surface area contributed by atoms with Gasteiger partial charge in [0.2, 0.25) is 0 Å². The molecular formula is C26H32O6S. The van der Waals surface area contributed by atoms with Crippen molar-refractivity contribution in [3.8, 4) is 23.0 Å². The largest absolute Gasteiger partial charge is 0.490 e. The molecule has 0 aliphatic carbocycles. The van der Waals surface area contributed by atoms with E-state index in [-0.39, 0.29) is 12.2 Å². The Bertz CT molecular complexity index is 1000. The fourth-order valence-corrected chi connectivity index (χ4v) is 4.72. The van der Waals surface area contributed by atoms with Crippen molar-refractivity contribution in [2.45, 2.75) is 51.7 Å². The van der Waals surface area contributed by atoms with Gasteiger partial charge in [0.25, 0.3) is 0 Å². The standard InChI is InChI=1S/C26H32O6S/c1-3-5-7-27-23-11-25-19(9-21(23)31-15-17-13-29-17)20-10-22(32-16-18-14-30-18)24(12-26(20)33-25)28-8-6-4-2/h9-12,17-18H,3-8,13-16H2,1-2H3. The molecule has 0 saturated carbocycles. The number of ether oxygens (including phenoxy) is 6. The lowest BCUT2D eigenvalue weighted by atomic mass is 10.1. The molecule has 0 amide bonds. The highest BCUT2D eigenvalue weighted by molar-refractivity contribution is 7.25. The molecule has 7 heteroatoms. The molecule has 0 bridgehead atoms. The molecule has 2 unspecified atom stereocenters. The topological polar surface area (TPSA) is 62.0 Å². The van der Waals surface area contributed by atoms with Crippen LogP contribution in [-0.4, -0.2) is 51.8 Å². The highest BCUT2D eigenvalue weighted by atomic mass is 32.1. The third-order valence-electron chi connectivity index (χ3n) is 5.77. The van der Waals surface area contributed by atoms with Gasteiger partial charge in [-0.1, -0.05) is 26.7 Å². The summed E-state index contributed by atoms with van der Waals surface area (Å²) in [5, 5.41) is 2.27. The smallest absolute Gasteiger partial charge is 0.162 e. The molecular weight excluding hydrogens is 440 g/mol. The number of rotatable bonds is 14. The molecule has 2 aliphatic rings. The number of epoxide rings is 2. The van der Waals surface area contributed by atoms with Crippen LogP contribution in [0, 0.1) is 0 Å². The molecule has 1 aromatic heterocycles. The van der Waals surface area contributed by atoms with Crippen molar-refractivity contribution in [3.05, 3.63) is 24.3 Å². The first-order valence-electron chi connectivity index (χ1n) is 12.0. The van der Waals surface area contributed by atoms with Gasteiger partial charge in [-0.2, -0.15) is 0 Å². The normalized spacial score (nSPS) is 19.1. The fraction of sp³-hybridized carbons (Fsp3) is 0.538. The maximum Gasteiger partial charge on any atom is 0.162 e. The quantitative estimate of drug-likeness (QED) is 0.213. The van der Waals surface area contributed by atoms with Crippen molar-refractivity contribution in [1.82, 2.24) is 0 Å². The lowest BCUT2D eigenvalue weighted by molar-refractivity contribution is 0.240. The molecule has 2 atom stereocenters. The van der Waals surface area contributed by atoms with E-state index in [0.717, 1.165) is 82.1 Å². The molecule has 2 fully saturated rings. The van der Waals surface area contributed by atoms with Crippen LogP contribution in [0.2, 0.25) is 0 Å². The van der Waals surface area contributed by atoms with E-state index in [9.17, 15) is 0 Å². The first kappa shape index (κ1) is 22.6. The molecule has 2 aliphatic heterocycles. The maximum atomic E-state index is 6.11. The van der Waals surface area contributed by atoms with Gasteiger partial charge >= 0.3 is 0 Å². The Labute approximate surface area is 198 Å². The van der Waals surface area contributed by atoms with Gasteiger partial charge in [0.05, 0.1) is 26.4 Å². The van der Waals surface area contributed by atoms with Crippen LogP contribution in [0.4, 0.5) is 0 Å². The van der Waals surface area contributed by atoms with Crippen molar-refractivity contribution >= 4 is 31.5 Å². The van der Waals surface area contributed by atoms with Crippen molar-refractivity contribution in [2.75, 3.05) is 39.6 Å². The molecule has 5 rings (SSSR count). The van der Waals surface area contributed by atoms with E-state index in [0.29, 0.717) is 26.4 Å². The summed E-state index contributed by atoms with van der Waals surface area (Å²) in [4.78, 5) is 0. The summed E-state index contributed by atoms with van der Waals surface area (Å²) in [5.74, 6) is 3.13. The van der Waals surface area contributed by atoms with Crippen molar-refractivity contribution in [1.29, 1.82) is 0 Å².